The van der Waals surface area contributed by atoms with Crippen LogP contribution in [-0.2, 0) is 0 Å². The molecule has 668 valence electrons. The molecule has 134 heavy (non-hydrogen) atoms. The highest BCUT2D eigenvalue weighted by atomic mass is 35.5. The van der Waals surface area contributed by atoms with Gasteiger partial charge in [-0.05, 0) is 260 Å². The zero-order valence-electron chi connectivity index (χ0n) is 73.2. The molecule has 8 heterocycles. The molecule has 13 aromatic carbocycles. The number of nitrogens with zero attached hydrogens (tertiary/aromatic N) is 8. The van der Waals surface area contributed by atoms with Crippen molar-refractivity contribution in [1.82, 2.24) is 59.8 Å². The van der Waals surface area contributed by atoms with Crippen LogP contribution in [0, 0.1) is 27.7 Å². The number of amides is 1. The summed E-state index contributed by atoms with van der Waals surface area (Å²) in [5.74, 6) is -1.08. The average Bonchev–Trinajstić information content (AvgIpc) is 1.11. The van der Waals surface area contributed by atoms with Crippen LogP contribution in [0.2, 0.25) is 15.7 Å². The number of hydrogen-bond donors (Lipinski definition) is 14. The highest BCUT2D eigenvalue weighted by Gasteiger charge is 2.18. The minimum absolute atomic E-state index is 0.145. The van der Waals surface area contributed by atoms with E-state index >= 15 is 0 Å². The number of aromatic nitrogens is 12. The van der Waals surface area contributed by atoms with Crippen molar-refractivity contribution >= 4 is 193 Å². The molecule has 0 saturated heterocycles. The monoisotopic (exact) mass is 1830 g/mol. The molecule has 1 amide bonds. The molecular weight excluding hydrogens is 1740 g/mol. The molecule has 0 spiro atoms. The first-order valence-corrected chi connectivity index (χ1v) is 43.6. The molecule has 0 aliphatic heterocycles. The third-order valence-electron chi connectivity index (χ3n) is 21.4. The quantitative estimate of drug-likeness (QED) is 0.0208. The van der Waals surface area contributed by atoms with Gasteiger partial charge in [0.15, 0.2) is 0 Å². The second-order valence-electron chi connectivity index (χ2n) is 30.8. The molecule has 0 fully saturated rings. The number of aliphatic hydroxyl groups excluding tert-OH is 1. The predicted octanol–water partition coefficient (Wildman–Crippen LogP) is 23.5. The van der Waals surface area contributed by atoms with Crippen molar-refractivity contribution in [2.45, 2.75) is 47.5 Å². The molecule has 21 rings (SSSR count). The van der Waals surface area contributed by atoms with Crippen LogP contribution in [0.5, 0.6) is 0 Å². The van der Waals surface area contributed by atoms with E-state index in [1.807, 2.05) is 241 Å². The first-order valence-electron chi connectivity index (χ1n) is 42.5. The third-order valence-corrected chi connectivity index (χ3v) is 22.0. The lowest BCUT2D eigenvalue weighted by Gasteiger charge is -2.12. The number of aliphatic hydroxyl groups is 1. The summed E-state index contributed by atoms with van der Waals surface area (Å²) >= 11 is 17.5. The van der Waals surface area contributed by atoms with Crippen LogP contribution >= 0.6 is 34.8 Å². The Labute approximate surface area is 785 Å². The highest BCUT2D eigenvalue weighted by Crippen LogP contribution is 2.35. The lowest BCUT2D eigenvalue weighted by atomic mass is 9.80. The molecule has 21 aromatic rings. The number of halogens is 3. The molecular formula is C105H91BCl3N17O8. The summed E-state index contributed by atoms with van der Waals surface area (Å²) in [6.45, 7) is 10.4. The number of nitrogen functional groups attached to an aromatic ring is 2. The number of carbonyl (C=O) groups excluding carboxylic acids is 1. The number of anilines is 7. The van der Waals surface area contributed by atoms with Gasteiger partial charge in [-0.3, -0.25) is 4.79 Å². The minimum atomic E-state index is -1.38. The summed E-state index contributed by atoms with van der Waals surface area (Å²) in [4.78, 5) is 82.3. The second kappa shape index (κ2) is 44.4. The maximum atomic E-state index is 12.9. The SMILES string of the molecule is CCCCO.Cc1cccc(C)c1N.Cc1cccc(C)c1NC(=O)c1ccc(Nc2nc(-c3ccc4[nH]ccc4c3)c3ccccc3n2)cc1.Clc1nc(-c2ccc3[nH]ccc3c2)c2ccccc2n1.Clc1nc(Cl)c2ccccc2n1.Nc1ccc(C(=O)O)cc1.O=C(O)c1ccc(Nc2nc(-c3ccc4[nH]ccc4c3)c3ccccc3n2)cc1.OB(O)c1ccc2[nH]ccc2c1. The van der Waals surface area contributed by atoms with Crippen molar-refractivity contribution in [2.75, 3.05) is 34.0 Å². The van der Waals surface area contributed by atoms with Crippen LogP contribution in [0.3, 0.4) is 0 Å². The summed E-state index contributed by atoms with van der Waals surface area (Å²) in [7, 11) is -1.38. The Morgan fingerprint density at radius 2 is 0.739 bits per heavy atom. The van der Waals surface area contributed by atoms with Gasteiger partial charge < -0.3 is 72.7 Å². The van der Waals surface area contributed by atoms with Gasteiger partial charge in [-0.2, -0.15) is 0 Å². The minimum Gasteiger partial charge on any atom is -0.478 e. The van der Waals surface area contributed by atoms with Crippen molar-refractivity contribution in [3.63, 3.8) is 0 Å². The van der Waals surface area contributed by atoms with Crippen LogP contribution in [0.4, 0.5) is 40.3 Å². The number of carboxylic acid groups (broad SMARTS) is 2. The number of rotatable bonds is 14. The molecule has 0 unspecified atom stereocenters. The third kappa shape index (κ3) is 24.1. The van der Waals surface area contributed by atoms with Crippen molar-refractivity contribution in [3.8, 4) is 33.8 Å². The Morgan fingerprint density at radius 3 is 1.13 bits per heavy atom. The summed E-state index contributed by atoms with van der Waals surface area (Å²) < 4.78 is 0. The van der Waals surface area contributed by atoms with Gasteiger partial charge in [0, 0.05) is 142 Å². The van der Waals surface area contributed by atoms with Crippen LogP contribution < -0.4 is 32.9 Å². The fourth-order valence-corrected chi connectivity index (χ4v) is 14.9. The van der Waals surface area contributed by atoms with Crippen molar-refractivity contribution < 1.29 is 39.8 Å². The van der Waals surface area contributed by atoms with Gasteiger partial charge in [-0.15, -0.1) is 0 Å². The van der Waals surface area contributed by atoms with Crippen LogP contribution in [0.1, 0.15) is 73.1 Å². The van der Waals surface area contributed by atoms with Gasteiger partial charge in [0.1, 0.15) is 5.15 Å². The predicted molar refractivity (Wildman–Crippen MR) is 544 cm³/mol. The van der Waals surface area contributed by atoms with Crippen LogP contribution in [0.15, 0.2) is 328 Å². The Kier molecular flexibility index (Phi) is 31.1. The van der Waals surface area contributed by atoms with Crippen molar-refractivity contribution in [3.05, 3.63) is 383 Å². The molecule has 0 bridgehead atoms. The first-order chi connectivity index (χ1) is 64.9. The van der Waals surface area contributed by atoms with Gasteiger partial charge >= 0.3 is 19.1 Å². The van der Waals surface area contributed by atoms with E-state index in [0.717, 1.165) is 179 Å². The number of carbonyl (C=O) groups is 3. The molecule has 8 aromatic heterocycles. The zero-order valence-corrected chi connectivity index (χ0v) is 75.5. The van der Waals surface area contributed by atoms with Gasteiger partial charge in [0.25, 0.3) is 5.91 Å². The number of fused-ring (bicyclic) bond motifs is 8. The Balaban J connectivity index is 0.000000132. The first kappa shape index (κ1) is 93.9. The smallest absolute Gasteiger partial charge is 0.478 e. The molecule has 29 heteroatoms. The molecule has 0 saturated carbocycles. The lowest BCUT2D eigenvalue weighted by Crippen LogP contribution is -2.29. The number of carboxylic acids is 2. The Hall–Kier alpha value is -16.2. The summed E-state index contributed by atoms with van der Waals surface area (Å²) in [5.41, 5.74) is 34.0. The fraction of sp³-hybridized carbons (Fsp3) is 0.0762. The van der Waals surface area contributed by atoms with E-state index in [0.29, 0.717) is 40.4 Å². The van der Waals surface area contributed by atoms with E-state index in [-0.39, 0.29) is 27.6 Å². The van der Waals surface area contributed by atoms with Gasteiger partial charge in [-0.25, -0.2) is 49.5 Å². The van der Waals surface area contributed by atoms with E-state index in [1.165, 1.54) is 12.1 Å². The van der Waals surface area contributed by atoms with E-state index in [4.69, 9.17) is 86.6 Å². The topological polar surface area (TPSA) is 407 Å². The normalized spacial score (nSPS) is 10.6. The number of unbranched alkanes of at least 4 members (excludes halogenated alkanes) is 1. The molecule has 25 nitrogen and oxygen atoms in total. The van der Waals surface area contributed by atoms with E-state index < -0.39 is 19.1 Å². The number of benzene rings is 13. The zero-order chi connectivity index (χ0) is 94.3. The van der Waals surface area contributed by atoms with Crippen molar-refractivity contribution in [2.24, 2.45) is 0 Å². The number of aromatic amines is 4. The number of aryl methyl sites for hydroxylation is 4. The Morgan fingerprint density at radius 1 is 0.381 bits per heavy atom. The Bertz CT molecular complexity index is 7670. The van der Waals surface area contributed by atoms with Gasteiger partial charge in [-0.1, -0.05) is 158 Å². The molecule has 16 N–H and O–H groups in total. The second-order valence-corrected chi connectivity index (χ2v) is 31.8. The molecule has 0 aliphatic rings. The van der Waals surface area contributed by atoms with Crippen molar-refractivity contribution in [1.29, 1.82) is 0 Å². The molecule has 0 radical (unpaired) electrons. The largest absolute Gasteiger partial charge is 0.488 e. The lowest BCUT2D eigenvalue weighted by molar-refractivity contribution is 0.0686. The summed E-state index contributed by atoms with van der Waals surface area (Å²) in [5, 5.41) is 61.8. The number of nitrogens with one attached hydrogen (secondary N) is 7. The van der Waals surface area contributed by atoms with Crippen LogP contribution in [-0.4, -0.2) is 117 Å². The van der Waals surface area contributed by atoms with Gasteiger partial charge in [0.2, 0.25) is 22.5 Å². The van der Waals surface area contributed by atoms with Gasteiger partial charge in [0.05, 0.1) is 50.3 Å². The number of nitrogens with two attached hydrogens (primary N) is 2. The van der Waals surface area contributed by atoms with E-state index in [1.54, 1.807) is 60.7 Å². The number of hydrogen-bond acceptors (Lipinski definition) is 18. The van der Waals surface area contributed by atoms with E-state index in [9.17, 15) is 14.4 Å². The number of para-hydroxylation sites is 6. The number of H-pyrrole nitrogens is 4. The highest BCUT2D eigenvalue weighted by molar-refractivity contribution is 6.59. The molecule has 0 atom stereocenters. The molecule has 0 aliphatic carbocycles. The van der Waals surface area contributed by atoms with E-state index in [2.05, 4.69) is 110 Å². The maximum absolute atomic E-state index is 12.9. The summed E-state index contributed by atoms with van der Waals surface area (Å²) in [6.07, 6.45) is 9.64. The van der Waals surface area contributed by atoms with Crippen LogP contribution in [0.25, 0.3) is 121 Å². The summed E-state index contributed by atoms with van der Waals surface area (Å²) in [6, 6.07) is 95.1. The number of aromatic carboxylic acids is 2. The standard InChI is InChI=1S/C31H25N5O.C23H16N4O2.C16H10ClN3.C8H8BNO2.C8H4Cl2N2.C8H11N.C7H7NO2.C4H10O/c1-19-6-5-7-20(2)28(19)35-30(37)21-10-13-24(14-11-21)33-31-34-27-9-4-3-8-25(27)29(36-31)23-12-15-26-22(18-23)16-17-32-26;28-22(29)14-5-8-17(9-6-14)25-23-26-20-4-2-1-3-18(20)21(27-23)16-7-10-19-15(13-16)11-12-24-19;17-16-19-14-4-2-1-3-12(14)15(20-16)11-5-6-13-10(9-11)7-8-18-13;11-9(12)7-1-2-8-6(5-7)3-4-10-8;9-7-5-3-1-2-4-6(5)11-8(10)12-7;1-6-4-3-5-7(2)8(6)9;8-6-3-1-5(2-4-6)7(9)10;1-2-3-4-5/h3-18,32H,1-2H3,(H,35,37)(H,33,34,36);1-13,24H,(H,28,29)(H,25,26,27);1-9,18H;1-5,10-12H;1-4H;3-5H,9H2,1-2H3;1-4H,8H2,(H,9,10);5H,2-4H2,1H3. The maximum Gasteiger partial charge on any atom is 0.488 e. The fourth-order valence-electron chi connectivity index (χ4n) is 14.3. The average molecular weight is 1840 g/mol.